The molecule has 2 aromatic rings. The second kappa shape index (κ2) is 7.21. The van der Waals surface area contributed by atoms with Crippen LogP contribution in [0.5, 0.6) is 0 Å². The van der Waals surface area contributed by atoms with Crippen molar-refractivity contribution in [3.8, 4) is 6.07 Å². The van der Waals surface area contributed by atoms with Crippen molar-refractivity contribution in [1.82, 2.24) is 9.21 Å². The molecular formula is C16H16ClN3O2S2. The van der Waals surface area contributed by atoms with Crippen molar-refractivity contribution < 1.29 is 8.42 Å². The number of hydrogen-bond acceptors (Lipinski definition) is 5. The summed E-state index contributed by atoms with van der Waals surface area (Å²) in [6, 6.07) is 12.4. The number of rotatable bonds is 4. The summed E-state index contributed by atoms with van der Waals surface area (Å²) >= 11 is 7.42. The van der Waals surface area contributed by atoms with Crippen LogP contribution in [-0.2, 0) is 10.0 Å². The Hall–Kier alpha value is -1.43. The van der Waals surface area contributed by atoms with E-state index < -0.39 is 16.1 Å². The lowest BCUT2D eigenvalue weighted by molar-refractivity contribution is 0.163. The van der Waals surface area contributed by atoms with Gasteiger partial charge in [0.2, 0.25) is 0 Å². The number of thiophene rings is 1. The molecule has 1 aromatic carbocycles. The van der Waals surface area contributed by atoms with E-state index in [9.17, 15) is 13.7 Å². The molecule has 0 spiro atoms. The Morgan fingerprint density at radius 3 is 2.42 bits per heavy atom. The molecule has 1 unspecified atom stereocenters. The number of nitrogens with zero attached hydrogens (tertiary/aromatic N) is 3. The fourth-order valence-corrected chi connectivity index (χ4v) is 5.59. The van der Waals surface area contributed by atoms with Gasteiger partial charge in [-0.15, -0.1) is 11.3 Å². The Kier molecular flexibility index (Phi) is 5.23. The van der Waals surface area contributed by atoms with Crippen LogP contribution in [0.1, 0.15) is 11.6 Å². The van der Waals surface area contributed by atoms with E-state index in [1.807, 2.05) is 23.1 Å². The first-order chi connectivity index (χ1) is 11.5. The van der Waals surface area contributed by atoms with Gasteiger partial charge in [-0.2, -0.15) is 9.57 Å². The van der Waals surface area contributed by atoms with Gasteiger partial charge in [0.1, 0.15) is 10.3 Å². The summed E-state index contributed by atoms with van der Waals surface area (Å²) in [5, 5.41) is 11.9. The summed E-state index contributed by atoms with van der Waals surface area (Å²) in [6.07, 6.45) is 0. The van der Waals surface area contributed by atoms with Gasteiger partial charge in [0.05, 0.1) is 6.07 Å². The zero-order chi connectivity index (χ0) is 17.2. The summed E-state index contributed by atoms with van der Waals surface area (Å²) in [4.78, 5) is 1.97. The van der Waals surface area contributed by atoms with Gasteiger partial charge in [0, 0.05) is 36.8 Å². The van der Waals surface area contributed by atoms with Crippen molar-refractivity contribution in [2.75, 3.05) is 26.2 Å². The second-order valence-corrected chi connectivity index (χ2v) is 8.94. The zero-order valence-corrected chi connectivity index (χ0v) is 15.2. The molecule has 0 radical (unpaired) electrons. The minimum absolute atomic E-state index is 0.360. The van der Waals surface area contributed by atoms with Crippen LogP contribution in [0.4, 0.5) is 0 Å². The third kappa shape index (κ3) is 3.34. The highest BCUT2D eigenvalue weighted by Crippen LogP contribution is 2.29. The Morgan fingerprint density at radius 1 is 1.12 bits per heavy atom. The molecule has 8 heteroatoms. The van der Waals surface area contributed by atoms with Crippen LogP contribution in [0.25, 0.3) is 0 Å². The molecule has 1 aromatic heterocycles. The molecule has 1 fully saturated rings. The first kappa shape index (κ1) is 17.4. The minimum Gasteiger partial charge on any atom is -0.282 e. The topological polar surface area (TPSA) is 64.4 Å². The van der Waals surface area contributed by atoms with E-state index >= 15 is 0 Å². The second-order valence-electron chi connectivity index (χ2n) is 5.43. The Morgan fingerprint density at radius 2 is 1.83 bits per heavy atom. The maximum absolute atomic E-state index is 12.6. The predicted molar refractivity (Wildman–Crippen MR) is 94.5 cm³/mol. The monoisotopic (exact) mass is 381 g/mol. The lowest BCUT2D eigenvalue weighted by Crippen LogP contribution is -2.49. The third-order valence-electron chi connectivity index (χ3n) is 4.05. The van der Waals surface area contributed by atoms with Gasteiger partial charge < -0.3 is 0 Å². The number of nitriles is 1. The summed E-state index contributed by atoms with van der Waals surface area (Å²) in [6.45, 7) is 1.72. The van der Waals surface area contributed by atoms with E-state index in [4.69, 9.17) is 11.6 Å². The van der Waals surface area contributed by atoms with Crippen LogP contribution < -0.4 is 0 Å². The molecule has 0 bridgehead atoms. The zero-order valence-electron chi connectivity index (χ0n) is 12.8. The van der Waals surface area contributed by atoms with E-state index in [0.717, 1.165) is 5.56 Å². The van der Waals surface area contributed by atoms with Gasteiger partial charge >= 0.3 is 0 Å². The number of hydrogen-bond donors (Lipinski definition) is 0. The maximum atomic E-state index is 12.6. The molecule has 5 nitrogen and oxygen atoms in total. The molecule has 0 amide bonds. The quantitative estimate of drug-likeness (QED) is 0.816. The fraction of sp³-hybridized carbons (Fsp3) is 0.312. The molecule has 0 saturated carbocycles. The van der Waals surface area contributed by atoms with Crippen LogP contribution in [0.3, 0.4) is 0 Å². The number of sulfonamides is 1. The normalized spacial score (nSPS) is 18.2. The van der Waals surface area contributed by atoms with E-state index in [1.54, 1.807) is 23.6 Å². The molecule has 1 atom stereocenters. The maximum Gasteiger partial charge on any atom is 0.252 e. The smallest absolute Gasteiger partial charge is 0.252 e. The van der Waals surface area contributed by atoms with Crippen LogP contribution in [-0.4, -0.2) is 43.8 Å². The SMILES string of the molecule is N#CC(c1ccccc1Cl)N1CCN(S(=O)(=O)c2cccs2)CC1. The van der Waals surface area contributed by atoms with Crippen molar-refractivity contribution in [2.45, 2.75) is 10.3 Å². The first-order valence-electron chi connectivity index (χ1n) is 7.46. The van der Waals surface area contributed by atoms with Gasteiger partial charge in [-0.05, 0) is 17.5 Å². The lowest BCUT2D eigenvalue weighted by Gasteiger charge is -2.36. The van der Waals surface area contributed by atoms with E-state index in [-0.39, 0.29) is 0 Å². The summed E-state index contributed by atoms with van der Waals surface area (Å²) < 4.78 is 26.9. The molecule has 126 valence electrons. The highest BCUT2D eigenvalue weighted by atomic mass is 35.5. The van der Waals surface area contributed by atoms with Gasteiger partial charge in [0.15, 0.2) is 0 Å². The molecule has 2 heterocycles. The minimum atomic E-state index is -3.43. The summed E-state index contributed by atoms with van der Waals surface area (Å²) in [5.74, 6) is 0. The fourth-order valence-electron chi connectivity index (χ4n) is 2.78. The van der Waals surface area contributed by atoms with E-state index in [2.05, 4.69) is 6.07 Å². The number of piperazine rings is 1. The Bertz CT molecular complexity index is 838. The molecule has 1 saturated heterocycles. The number of benzene rings is 1. The molecule has 0 aliphatic carbocycles. The third-order valence-corrected chi connectivity index (χ3v) is 7.67. The van der Waals surface area contributed by atoms with Crippen LogP contribution in [0.2, 0.25) is 5.02 Å². The number of halogens is 1. The van der Waals surface area contributed by atoms with Gasteiger partial charge in [-0.25, -0.2) is 8.42 Å². The molecule has 1 aliphatic rings. The van der Waals surface area contributed by atoms with Crippen LogP contribution in [0.15, 0.2) is 46.0 Å². The van der Waals surface area contributed by atoms with E-state index in [1.165, 1.54) is 15.6 Å². The van der Waals surface area contributed by atoms with Gasteiger partial charge in [-0.3, -0.25) is 4.90 Å². The van der Waals surface area contributed by atoms with Crippen molar-refractivity contribution in [2.24, 2.45) is 0 Å². The molecule has 1 aliphatic heterocycles. The van der Waals surface area contributed by atoms with Crippen molar-refractivity contribution >= 4 is 33.0 Å². The molecule has 24 heavy (non-hydrogen) atoms. The van der Waals surface area contributed by atoms with Crippen LogP contribution >= 0.6 is 22.9 Å². The molecule has 0 N–H and O–H groups in total. The van der Waals surface area contributed by atoms with Gasteiger partial charge in [-0.1, -0.05) is 35.9 Å². The van der Waals surface area contributed by atoms with Crippen molar-refractivity contribution in [3.05, 3.63) is 52.4 Å². The molecular weight excluding hydrogens is 366 g/mol. The largest absolute Gasteiger partial charge is 0.282 e. The average Bonchev–Trinajstić information content (AvgIpc) is 3.13. The lowest BCUT2D eigenvalue weighted by atomic mass is 10.1. The summed E-state index contributed by atoms with van der Waals surface area (Å²) in [5.41, 5.74) is 0.760. The first-order valence-corrected chi connectivity index (χ1v) is 10.2. The average molecular weight is 382 g/mol. The van der Waals surface area contributed by atoms with Gasteiger partial charge in [0.25, 0.3) is 10.0 Å². The van der Waals surface area contributed by atoms with Crippen LogP contribution in [0, 0.1) is 11.3 Å². The van der Waals surface area contributed by atoms with Crippen molar-refractivity contribution in [3.63, 3.8) is 0 Å². The molecule has 3 rings (SSSR count). The van der Waals surface area contributed by atoms with Crippen molar-refractivity contribution in [1.29, 1.82) is 5.26 Å². The van der Waals surface area contributed by atoms with E-state index in [0.29, 0.717) is 35.4 Å². The highest BCUT2D eigenvalue weighted by molar-refractivity contribution is 7.91. The Balaban J connectivity index is 1.73. The predicted octanol–water partition coefficient (Wildman–Crippen LogP) is 2.97. The Labute approximate surface area is 150 Å². The highest BCUT2D eigenvalue weighted by Gasteiger charge is 2.32. The summed E-state index contributed by atoms with van der Waals surface area (Å²) in [7, 11) is -3.43. The standard InChI is InChI=1S/C16H16ClN3O2S2/c17-14-5-2-1-4-13(14)15(12-18)19-7-9-20(10-8-19)24(21,22)16-6-3-11-23-16/h1-6,11,15H,7-10H2.